The van der Waals surface area contributed by atoms with Crippen molar-refractivity contribution in [3.05, 3.63) is 59.0 Å². The maximum absolute atomic E-state index is 12.9. The van der Waals surface area contributed by atoms with Gasteiger partial charge in [-0.25, -0.2) is 9.97 Å². The van der Waals surface area contributed by atoms with E-state index in [9.17, 15) is 10.1 Å². The third kappa shape index (κ3) is 2.30. The lowest BCUT2D eigenvalue weighted by atomic mass is 9.92. The first-order valence-corrected chi connectivity index (χ1v) is 10.9. The number of hydrogen-bond acceptors (Lipinski definition) is 5. The second-order valence-corrected chi connectivity index (χ2v) is 9.66. The predicted octanol–water partition coefficient (Wildman–Crippen LogP) is 4.34. The number of halogens is 1. The molecule has 4 atom stereocenters. The minimum atomic E-state index is -0.332. The molecular formula is C24H17ClN4O2. The second kappa shape index (κ2) is 5.54. The average molecular weight is 429 g/mol. The molecule has 1 amide bonds. The van der Waals surface area contributed by atoms with E-state index >= 15 is 0 Å². The fourth-order valence-electron chi connectivity index (χ4n) is 5.57. The number of nitrogens with one attached hydrogen (secondary N) is 1. The second-order valence-electron chi connectivity index (χ2n) is 9.27. The fraction of sp³-hybridized carbons (Fsp3) is 0.333. The Morgan fingerprint density at radius 3 is 2.84 bits per heavy atom. The van der Waals surface area contributed by atoms with Crippen LogP contribution in [0.25, 0.3) is 10.8 Å². The van der Waals surface area contributed by atoms with E-state index in [1.165, 1.54) is 0 Å². The number of rotatable bonds is 3. The molecule has 31 heavy (non-hydrogen) atoms. The molecule has 1 aliphatic heterocycles. The molecular weight excluding hydrogens is 412 g/mol. The van der Waals surface area contributed by atoms with Crippen LogP contribution in [0.2, 0.25) is 5.15 Å². The first kappa shape index (κ1) is 17.5. The van der Waals surface area contributed by atoms with E-state index in [1.807, 2.05) is 12.1 Å². The highest BCUT2D eigenvalue weighted by molar-refractivity contribution is 6.29. The molecule has 3 aliphatic carbocycles. The van der Waals surface area contributed by atoms with Crippen LogP contribution in [0, 0.1) is 22.7 Å². The Labute approximate surface area is 183 Å². The first-order valence-electron chi connectivity index (χ1n) is 10.5. The lowest BCUT2D eigenvalue weighted by Crippen LogP contribution is -2.19. The summed E-state index contributed by atoms with van der Waals surface area (Å²) in [6.07, 6.45) is 6.55. The van der Waals surface area contributed by atoms with Gasteiger partial charge in [0.15, 0.2) is 0 Å². The lowest BCUT2D eigenvalue weighted by molar-refractivity contribution is -0.118. The largest absolute Gasteiger partial charge is 0.488 e. The molecule has 0 unspecified atom stereocenters. The number of carbonyl (C=O) groups excluding carboxylic acids is 1. The quantitative estimate of drug-likeness (QED) is 0.627. The topological polar surface area (TPSA) is 87.9 Å². The van der Waals surface area contributed by atoms with E-state index in [0.717, 1.165) is 46.9 Å². The van der Waals surface area contributed by atoms with E-state index in [-0.39, 0.29) is 34.7 Å². The highest BCUT2D eigenvalue weighted by Crippen LogP contribution is 2.78. The van der Waals surface area contributed by atoms with E-state index in [4.69, 9.17) is 16.3 Å². The zero-order valence-electron chi connectivity index (χ0n) is 16.4. The summed E-state index contributed by atoms with van der Waals surface area (Å²) in [5.41, 5.74) is 1.90. The molecule has 3 aromatic rings. The summed E-state index contributed by atoms with van der Waals surface area (Å²) in [4.78, 5) is 21.4. The molecule has 0 saturated heterocycles. The van der Waals surface area contributed by atoms with Crippen LogP contribution in [0.5, 0.6) is 5.75 Å². The van der Waals surface area contributed by atoms with Crippen molar-refractivity contribution >= 4 is 34.1 Å². The Morgan fingerprint density at radius 2 is 2.06 bits per heavy atom. The van der Waals surface area contributed by atoms with Gasteiger partial charge in [0.25, 0.3) is 0 Å². The summed E-state index contributed by atoms with van der Waals surface area (Å²) in [7, 11) is 0. The highest BCUT2D eigenvalue weighted by Gasteiger charge is 2.75. The molecule has 1 N–H and O–H groups in total. The summed E-state index contributed by atoms with van der Waals surface area (Å²) in [5, 5.41) is 15.1. The summed E-state index contributed by atoms with van der Waals surface area (Å²) < 4.78 is 5.86. The van der Waals surface area contributed by atoms with Crippen molar-refractivity contribution in [1.82, 2.24) is 9.97 Å². The van der Waals surface area contributed by atoms with E-state index < -0.39 is 0 Å². The zero-order valence-corrected chi connectivity index (χ0v) is 17.2. The van der Waals surface area contributed by atoms with Crippen molar-refractivity contribution in [2.45, 2.75) is 36.7 Å². The minimum absolute atomic E-state index is 0.0203. The number of hydrogen-bond donors (Lipinski definition) is 1. The summed E-state index contributed by atoms with van der Waals surface area (Å²) in [5.74, 6) is 0.896. The Morgan fingerprint density at radius 1 is 1.19 bits per heavy atom. The van der Waals surface area contributed by atoms with Crippen LogP contribution in [0.4, 0.5) is 5.82 Å². The molecule has 152 valence electrons. The van der Waals surface area contributed by atoms with Crippen LogP contribution in [0.3, 0.4) is 0 Å². The standard InChI is InChI=1S/C24H17ClN4O2/c25-17-7-16-15(9-27-17)19-20(21(19)31-16)22(30)29-18-6-13-5-14(2-1-12(13)8-28-18)24(11-26)10-23(24)3-4-23/h1-2,5-9,19-21H,3-4,10H2,(H,28,29,30)/t19-,20+,21-,24-/m1/s1. The molecule has 1 spiro atoms. The summed E-state index contributed by atoms with van der Waals surface area (Å²) in [6, 6.07) is 12.3. The molecule has 1 aromatic carbocycles. The summed E-state index contributed by atoms with van der Waals surface area (Å²) in [6.45, 7) is 0. The van der Waals surface area contributed by atoms with Crippen LogP contribution in [-0.2, 0) is 10.2 Å². The van der Waals surface area contributed by atoms with Gasteiger partial charge in [-0.1, -0.05) is 23.7 Å². The van der Waals surface area contributed by atoms with Crippen molar-refractivity contribution in [2.75, 3.05) is 5.32 Å². The molecule has 3 fully saturated rings. The number of anilines is 1. The van der Waals surface area contributed by atoms with Gasteiger partial charge in [0, 0.05) is 35.3 Å². The van der Waals surface area contributed by atoms with E-state index in [0.29, 0.717) is 11.0 Å². The number of pyridine rings is 2. The van der Waals surface area contributed by atoms with E-state index in [2.05, 4.69) is 33.5 Å². The summed E-state index contributed by atoms with van der Waals surface area (Å²) >= 11 is 5.91. The SMILES string of the molecule is N#C[C@@]1(c2ccc3cnc(NC(=O)[C@@H]4[C@@H]5Oc6cc(Cl)ncc6[C@@H]54)cc3c2)CC12CC2. The van der Waals surface area contributed by atoms with Crippen molar-refractivity contribution in [3.8, 4) is 11.8 Å². The number of amides is 1. The highest BCUT2D eigenvalue weighted by atomic mass is 35.5. The number of carbonyl (C=O) groups is 1. The Bertz CT molecular complexity index is 1360. The van der Waals surface area contributed by atoms with Crippen LogP contribution in [0.1, 0.15) is 36.3 Å². The van der Waals surface area contributed by atoms with Crippen LogP contribution in [0.15, 0.2) is 42.7 Å². The minimum Gasteiger partial charge on any atom is -0.488 e. The maximum Gasteiger partial charge on any atom is 0.233 e. The fourth-order valence-corrected chi connectivity index (χ4v) is 5.72. The molecule has 7 heteroatoms. The van der Waals surface area contributed by atoms with Crippen LogP contribution >= 0.6 is 11.6 Å². The first-order chi connectivity index (χ1) is 15.0. The van der Waals surface area contributed by atoms with Crippen molar-refractivity contribution in [3.63, 3.8) is 0 Å². The lowest BCUT2D eigenvalue weighted by Gasteiger charge is -2.12. The molecule has 0 bridgehead atoms. The molecule has 6 nitrogen and oxygen atoms in total. The van der Waals surface area contributed by atoms with Crippen molar-refractivity contribution in [1.29, 1.82) is 5.26 Å². The van der Waals surface area contributed by atoms with Gasteiger partial charge >= 0.3 is 0 Å². The van der Waals surface area contributed by atoms with Crippen LogP contribution in [-0.4, -0.2) is 22.0 Å². The van der Waals surface area contributed by atoms with Gasteiger partial charge in [-0.3, -0.25) is 4.79 Å². The van der Waals surface area contributed by atoms with Crippen LogP contribution < -0.4 is 10.1 Å². The average Bonchev–Trinajstić information content (AvgIpc) is 3.72. The molecule has 7 rings (SSSR count). The molecule has 4 aliphatic rings. The Hall–Kier alpha value is -3.17. The van der Waals surface area contributed by atoms with Gasteiger partial charge in [-0.15, -0.1) is 0 Å². The Kier molecular flexibility index (Phi) is 3.13. The third-order valence-corrected chi connectivity index (χ3v) is 7.84. The van der Waals surface area contributed by atoms with Gasteiger partial charge in [-0.2, -0.15) is 5.26 Å². The molecule has 2 aromatic heterocycles. The number of nitriles is 1. The van der Waals surface area contributed by atoms with Gasteiger partial charge < -0.3 is 10.1 Å². The number of fused-ring (bicyclic) bond motifs is 4. The maximum atomic E-state index is 12.9. The normalized spacial score (nSPS) is 30.1. The number of ether oxygens (including phenoxy) is 1. The van der Waals surface area contributed by atoms with Gasteiger partial charge in [0.1, 0.15) is 22.8 Å². The van der Waals surface area contributed by atoms with Gasteiger partial charge in [-0.05, 0) is 47.8 Å². The van der Waals surface area contributed by atoms with Gasteiger partial charge in [0.2, 0.25) is 5.91 Å². The van der Waals surface area contributed by atoms with Crippen molar-refractivity contribution in [2.24, 2.45) is 11.3 Å². The Balaban J connectivity index is 1.14. The number of nitrogens with zero attached hydrogens (tertiary/aromatic N) is 3. The monoisotopic (exact) mass is 428 g/mol. The number of benzene rings is 1. The zero-order chi connectivity index (χ0) is 21.0. The predicted molar refractivity (Wildman–Crippen MR) is 114 cm³/mol. The van der Waals surface area contributed by atoms with Gasteiger partial charge in [0.05, 0.1) is 17.4 Å². The van der Waals surface area contributed by atoms with E-state index in [1.54, 1.807) is 18.5 Å². The third-order valence-electron chi connectivity index (χ3n) is 7.63. The van der Waals surface area contributed by atoms with Crippen molar-refractivity contribution < 1.29 is 9.53 Å². The smallest absolute Gasteiger partial charge is 0.233 e. The molecule has 0 radical (unpaired) electrons. The number of aromatic nitrogens is 2. The molecule has 3 heterocycles. The molecule has 3 saturated carbocycles.